The summed E-state index contributed by atoms with van der Waals surface area (Å²) >= 11 is 0. The van der Waals surface area contributed by atoms with E-state index in [1.54, 1.807) is 18.2 Å². The van der Waals surface area contributed by atoms with E-state index in [0.717, 1.165) is 31.7 Å². The van der Waals surface area contributed by atoms with Crippen LogP contribution in [0.4, 0.5) is 5.69 Å². The van der Waals surface area contributed by atoms with Gasteiger partial charge < -0.3 is 24.6 Å². The Morgan fingerprint density at radius 3 is 2.52 bits per heavy atom. The lowest BCUT2D eigenvalue weighted by Gasteiger charge is -2.35. The molecule has 0 bridgehead atoms. The van der Waals surface area contributed by atoms with Crippen LogP contribution in [0.2, 0.25) is 0 Å². The fourth-order valence-electron chi connectivity index (χ4n) is 3.62. The molecular weight excluding hydrogens is 420 g/mol. The Hall–Kier alpha value is -2.82. The molecule has 2 aliphatic rings. The lowest BCUT2D eigenvalue weighted by molar-refractivity contribution is 0.0950. The van der Waals surface area contributed by atoms with Gasteiger partial charge in [0.1, 0.15) is 4.90 Å². The molecule has 2 aromatic rings. The largest absolute Gasteiger partial charge is 0.454 e. The topological polar surface area (TPSA) is 100 Å². The van der Waals surface area contributed by atoms with E-state index in [9.17, 15) is 13.2 Å². The van der Waals surface area contributed by atoms with Crippen LogP contribution in [0.1, 0.15) is 15.9 Å². The standard InChI is InChI=1S/C21H26N4O5S/c1-22-31(27,28)20-12-16(4-5-17(20)25-9-7-24(2)8-10-25)21(26)23-13-15-3-6-18-19(11-15)30-14-29-18/h3-6,11-12,22H,7-10,13-14H2,1-2H3,(H,23,26). The number of amides is 1. The molecule has 4 rings (SSSR count). The highest BCUT2D eigenvalue weighted by Gasteiger charge is 2.25. The molecule has 9 nitrogen and oxygen atoms in total. The molecule has 0 spiro atoms. The van der Waals surface area contributed by atoms with E-state index in [4.69, 9.17) is 9.47 Å². The summed E-state index contributed by atoms with van der Waals surface area (Å²) < 4.78 is 38.4. The predicted octanol–water partition coefficient (Wildman–Crippen LogP) is 1.01. The Balaban J connectivity index is 1.53. The van der Waals surface area contributed by atoms with E-state index in [-0.39, 0.29) is 29.7 Å². The number of sulfonamides is 1. The molecule has 2 N–H and O–H groups in total. The Morgan fingerprint density at radius 1 is 1.03 bits per heavy atom. The average Bonchev–Trinajstić information content (AvgIpc) is 3.25. The lowest BCUT2D eigenvalue weighted by Crippen LogP contribution is -2.45. The molecule has 0 aromatic heterocycles. The van der Waals surface area contributed by atoms with Crippen LogP contribution in [0.5, 0.6) is 11.5 Å². The third-order valence-electron chi connectivity index (χ3n) is 5.51. The number of benzene rings is 2. The first-order valence-corrected chi connectivity index (χ1v) is 11.5. The van der Waals surface area contributed by atoms with E-state index >= 15 is 0 Å². The van der Waals surface area contributed by atoms with Crippen molar-refractivity contribution in [3.63, 3.8) is 0 Å². The van der Waals surface area contributed by atoms with E-state index in [1.807, 2.05) is 24.1 Å². The Kier molecular flexibility index (Phi) is 6.03. The first kappa shape index (κ1) is 21.4. The minimum atomic E-state index is -3.74. The van der Waals surface area contributed by atoms with Crippen LogP contribution in [0.25, 0.3) is 0 Å². The van der Waals surface area contributed by atoms with E-state index < -0.39 is 10.0 Å². The van der Waals surface area contributed by atoms with E-state index in [1.165, 1.54) is 13.1 Å². The maximum absolute atomic E-state index is 12.7. The molecule has 0 atom stereocenters. The molecule has 2 heterocycles. The number of ether oxygens (including phenoxy) is 2. The molecule has 1 amide bonds. The van der Waals surface area contributed by atoms with Crippen molar-refractivity contribution in [1.29, 1.82) is 0 Å². The molecule has 10 heteroatoms. The maximum atomic E-state index is 12.7. The number of nitrogens with zero attached hydrogens (tertiary/aromatic N) is 2. The number of carbonyl (C=O) groups is 1. The zero-order valence-electron chi connectivity index (χ0n) is 17.6. The number of piperazine rings is 1. The number of rotatable bonds is 6. The first-order chi connectivity index (χ1) is 14.9. The molecule has 1 saturated heterocycles. The minimum Gasteiger partial charge on any atom is -0.454 e. The molecule has 166 valence electrons. The number of nitrogens with one attached hydrogen (secondary N) is 2. The summed E-state index contributed by atoms with van der Waals surface area (Å²) in [6, 6.07) is 10.3. The summed E-state index contributed by atoms with van der Waals surface area (Å²) in [5.74, 6) is 0.970. The highest BCUT2D eigenvalue weighted by molar-refractivity contribution is 7.89. The van der Waals surface area contributed by atoms with Crippen molar-refractivity contribution < 1.29 is 22.7 Å². The number of hydrogen-bond acceptors (Lipinski definition) is 7. The predicted molar refractivity (Wildman–Crippen MR) is 116 cm³/mol. The molecule has 1 fully saturated rings. The highest BCUT2D eigenvalue weighted by Crippen LogP contribution is 2.32. The number of likely N-dealkylation sites (N-methyl/N-ethyl adjacent to an activating group) is 1. The van der Waals surface area contributed by atoms with Gasteiger partial charge in [-0.15, -0.1) is 0 Å². The molecule has 0 unspecified atom stereocenters. The summed E-state index contributed by atoms with van der Waals surface area (Å²) in [6.45, 7) is 3.60. The summed E-state index contributed by atoms with van der Waals surface area (Å²) in [4.78, 5) is 17.1. The fourth-order valence-corrected chi connectivity index (χ4v) is 4.60. The molecule has 2 aromatic carbocycles. The smallest absolute Gasteiger partial charge is 0.251 e. The van der Waals surface area contributed by atoms with Crippen LogP contribution < -0.4 is 24.4 Å². The van der Waals surface area contributed by atoms with Gasteiger partial charge >= 0.3 is 0 Å². The van der Waals surface area contributed by atoms with Gasteiger partial charge in [0.15, 0.2) is 11.5 Å². The highest BCUT2D eigenvalue weighted by atomic mass is 32.2. The second-order valence-electron chi connectivity index (χ2n) is 7.55. The van der Waals surface area contributed by atoms with Crippen LogP contribution in [-0.2, 0) is 16.6 Å². The SMILES string of the molecule is CNS(=O)(=O)c1cc(C(=O)NCc2ccc3c(c2)OCO3)ccc1N1CCN(C)CC1. The quantitative estimate of drug-likeness (QED) is 0.683. The first-order valence-electron chi connectivity index (χ1n) is 10.1. The monoisotopic (exact) mass is 446 g/mol. The summed E-state index contributed by atoms with van der Waals surface area (Å²) in [7, 11) is -0.329. The van der Waals surface area contributed by atoms with Crippen molar-refractivity contribution in [3.05, 3.63) is 47.5 Å². The Labute approximate surface area is 182 Å². The van der Waals surface area contributed by atoms with Gasteiger partial charge in [-0.05, 0) is 50.0 Å². The van der Waals surface area contributed by atoms with Crippen molar-refractivity contribution in [2.45, 2.75) is 11.4 Å². The molecule has 0 saturated carbocycles. The second-order valence-corrected chi connectivity index (χ2v) is 9.41. The number of anilines is 1. The van der Waals surface area contributed by atoms with Crippen molar-refractivity contribution in [2.24, 2.45) is 0 Å². The van der Waals surface area contributed by atoms with Crippen LogP contribution in [-0.4, -0.2) is 66.3 Å². The number of fused-ring (bicyclic) bond motifs is 1. The summed E-state index contributed by atoms with van der Waals surface area (Å²) in [6.07, 6.45) is 0. The van der Waals surface area contributed by atoms with Gasteiger partial charge in [0, 0.05) is 38.3 Å². The molecule has 0 radical (unpaired) electrons. The lowest BCUT2D eigenvalue weighted by atomic mass is 10.1. The number of hydrogen-bond donors (Lipinski definition) is 2. The third-order valence-corrected chi connectivity index (χ3v) is 6.96. The average molecular weight is 447 g/mol. The summed E-state index contributed by atoms with van der Waals surface area (Å²) in [5.41, 5.74) is 1.75. The fraction of sp³-hybridized carbons (Fsp3) is 0.381. The number of carbonyl (C=O) groups excluding carboxylic acids is 1. The van der Waals surface area contributed by atoms with Crippen LogP contribution in [0, 0.1) is 0 Å². The Morgan fingerprint density at radius 2 is 1.77 bits per heavy atom. The molecule has 31 heavy (non-hydrogen) atoms. The molecule has 0 aliphatic carbocycles. The Bertz CT molecular complexity index is 1080. The van der Waals surface area contributed by atoms with Gasteiger partial charge in [-0.3, -0.25) is 4.79 Å². The van der Waals surface area contributed by atoms with Crippen LogP contribution in [0.15, 0.2) is 41.3 Å². The molecule has 2 aliphatic heterocycles. The third kappa shape index (κ3) is 4.60. The van der Waals surface area contributed by atoms with Crippen LogP contribution in [0.3, 0.4) is 0 Å². The van der Waals surface area contributed by atoms with Gasteiger partial charge in [-0.25, -0.2) is 13.1 Å². The van der Waals surface area contributed by atoms with Gasteiger partial charge in [0.2, 0.25) is 16.8 Å². The van der Waals surface area contributed by atoms with E-state index in [0.29, 0.717) is 17.2 Å². The van der Waals surface area contributed by atoms with Crippen molar-refractivity contribution in [1.82, 2.24) is 14.9 Å². The zero-order chi connectivity index (χ0) is 22.0. The normalized spacial score (nSPS) is 16.4. The molecular formula is C21H26N4O5S. The summed E-state index contributed by atoms with van der Waals surface area (Å²) in [5, 5.41) is 2.84. The van der Waals surface area contributed by atoms with Gasteiger partial charge in [0.05, 0.1) is 5.69 Å². The van der Waals surface area contributed by atoms with Crippen molar-refractivity contribution in [3.8, 4) is 11.5 Å². The van der Waals surface area contributed by atoms with Crippen molar-refractivity contribution >= 4 is 21.6 Å². The van der Waals surface area contributed by atoms with Crippen molar-refractivity contribution in [2.75, 3.05) is 52.0 Å². The van der Waals surface area contributed by atoms with Gasteiger partial charge in [-0.1, -0.05) is 6.07 Å². The van der Waals surface area contributed by atoms with Gasteiger partial charge in [-0.2, -0.15) is 0 Å². The van der Waals surface area contributed by atoms with Gasteiger partial charge in [0.25, 0.3) is 5.91 Å². The second kappa shape index (κ2) is 8.74. The maximum Gasteiger partial charge on any atom is 0.251 e. The van der Waals surface area contributed by atoms with E-state index in [2.05, 4.69) is 14.9 Å². The van der Waals surface area contributed by atoms with Crippen LogP contribution >= 0.6 is 0 Å². The minimum absolute atomic E-state index is 0.107. The zero-order valence-corrected chi connectivity index (χ0v) is 18.4.